The highest BCUT2D eigenvalue weighted by molar-refractivity contribution is 5.33. The van der Waals surface area contributed by atoms with E-state index in [0.717, 1.165) is 32.7 Å². The fraction of sp³-hybridized carbons (Fsp3) is 0.571. The number of hydrogen-bond acceptors (Lipinski definition) is 4. The van der Waals surface area contributed by atoms with Gasteiger partial charge in [-0.1, -0.05) is 12.1 Å². The summed E-state index contributed by atoms with van der Waals surface area (Å²) in [7, 11) is 1.44. The average molecular weight is 266 g/mol. The van der Waals surface area contributed by atoms with Crippen LogP contribution >= 0.6 is 0 Å². The molecule has 0 radical (unpaired) electrons. The van der Waals surface area contributed by atoms with Gasteiger partial charge in [0.25, 0.3) is 0 Å². The lowest BCUT2D eigenvalue weighted by Crippen LogP contribution is -2.62. The van der Waals surface area contributed by atoms with Crippen LogP contribution in [0.5, 0.6) is 5.75 Å². The second-order valence-corrected chi connectivity index (χ2v) is 5.21. The lowest BCUT2D eigenvalue weighted by atomic mass is 9.96. The van der Waals surface area contributed by atoms with Crippen LogP contribution < -0.4 is 4.74 Å². The first-order valence-corrected chi connectivity index (χ1v) is 6.67. The summed E-state index contributed by atoms with van der Waals surface area (Å²) >= 11 is 0. The van der Waals surface area contributed by atoms with E-state index in [0.29, 0.717) is 5.56 Å². The molecule has 3 heterocycles. The van der Waals surface area contributed by atoms with Crippen molar-refractivity contribution in [3.05, 3.63) is 29.6 Å². The maximum Gasteiger partial charge on any atom is 0.170 e. The van der Waals surface area contributed by atoms with E-state index in [1.807, 2.05) is 0 Å². The van der Waals surface area contributed by atoms with Crippen LogP contribution in [0.2, 0.25) is 0 Å². The zero-order valence-corrected chi connectivity index (χ0v) is 11.1. The molecule has 104 valence electrons. The quantitative estimate of drug-likeness (QED) is 0.880. The summed E-state index contributed by atoms with van der Waals surface area (Å²) in [5.41, 5.74) is 0.332. The van der Waals surface area contributed by atoms with E-state index in [-0.39, 0.29) is 11.8 Å². The average Bonchev–Trinajstić information content (AvgIpc) is 2.48. The second-order valence-electron chi connectivity index (χ2n) is 5.21. The molecule has 4 nitrogen and oxygen atoms in total. The van der Waals surface area contributed by atoms with Gasteiger partial charge in [-0.2, -0.15) is 0 Å². The molecule has 3 aliphatic rings. The SMILES string of the molecule is COc1cccc(C(O)C2CN3CCN2CC3)c1F. The lowest BCUT2D eigenvalue weighted by molar-refractivity contribution is -0.0480. The minimum Gasteiger partial charge on any atom is -0.494 e. The molecular weight excluding hydrogens is 247 g/mol. The molecule has 5 heteroatoms. The highest BCUT2D eigenvalue weighted by Crippen LogP contribution is 2.31. The summed E-state index contributed by atoms with van der Waals surface area (Å²) in [5.74, 6) is -0.261. The van der Waals surface area contributed by atoms with Crippen molar-refractivity contribution in [1.29, 1.82) is 0 Å². The number of aliphatic hydroxyl groups is 1. The van der Waals surface area contributed by atoms with Gasteiger partial charge in [0.1, 0.15) is 0 Å². The molecule has 4 rings (SSSR count). The van der Waals surface area contributed by atoms with Crippen molar-refractivity contribution in [2.75, 3.05) is 39.8 Å². The van der Waals surface area contributed by atoms with Gasteiger partial charge in [0.15, 0.2) is 11.6 Å². The number of nitrogens with zero attached hydrogens (tertiary/aromatic N) is 2. The molecule has 1 N–H and O–H groups in total. The van der Waals surface area contributed by atoms with E-state index in [4.69, 9.17) is 4.74 Å². The van der Waals surface area contributed by atoms with Gasteiger partial charge in [0, 0.05) is 38.3 Å². The predicted molar refractivity (Wildman–Crippen MR) is 69.7 cm³/mol. The standard InChI is InChI=1S/C14H19FN2O2/c1-19-12-4-2-3-10(13(12)15)14(18)11-9-16-5-7-17(11)8-6-16/h2-4,11,14,18H,5-9H2,1H3. The minimum atomic E-state index is -0.807. The third-order valence-corrected chi connectivity index (χ3v) is 4.22. The Bertz CT molecular complexity index is 461. The normalized spacial score (nSPS) is 31.2. The molecule has 0 spiro atoms. The van der Waals surface area contributed by atoms with E-state index < -0.39 is 11.9 Å². The summed E-state index contributed by atoms with van der Waals surface area (Å²) in [4.78, 5) is 4.58. The smallest absolute Gasteiger partial charge is 0.170 e. The Morgan fingerprint density at radius 3 is 2.63 bits per heavy atom. The summed E-state index contributed by atoms with van der Waals surface area (Å²) in [6.07, 6.45) is -0.807. The number of rotatable bonds is 3. The molecule has 3 aliphatic heterocycles. The molecule has 0 aliphatic carbocycles. The Balaban J connectivity index is 1.86. The van der Waals surface area contributed by atoms with Crippen LogP contribution in [-0.2, 0) is 0 Å². The Kier molecular flexibility index (Phi) is 3.43. The van der Waals surface area contributed by atoms with Crippen molar-refractivity contribution in [2.24, 2.45) is 0 Å². The molecule has 0 aromatic heterocycles. The highest BCUT2D eigenvalue weighted by atomic mass is 19.1. The number of aliphatic hydroxyl groups excluding tert-OH is 1. The number of benzene rings is 1. The summed E-state index contributed by atoms with van der Waals surface area (Å²) in [6, 6.07) is 4.91. The van der Waals surface area contributed by atoms with Gasteiger partial charge in [0.05, 0.1) is 19.3 Å². The maximum atomic E-state index is 14.2. The minimum absolute atomic E-state index is 0.0240. The van der Waals surface area contributed by atoms with Gasteiger partial charge in [-0.3, -0.25) is 9.80 Å². The molecular formula is C14H19FN2O2. The fourth-order valence-corrected chi connectivity index (χ4v) is 3.08. The molecule has 0 amide bonds. The van der Waals surface area contributed by atoms with Crippen LogP contribution in [0.25, 0.3) is 0 Å². The number of methoxy groups -OCH3 is 1. The van der Waals surface area contributed by atoms with Gasteiger partial charge in [0.2, 0.25) is 0 Å². The Hall–Kier alpha value is -1.17. The number of fused-ring (bicyclic) bond motifs is 3. The molecule has 1 aromatic rings. The van der Waals surface area contributed by atoms with E-state index in [1.165, 1.54) is 7.11 Å². The number of halogens is 1. The summed E-state index contributed by atoms with van der Waals surface area (Å²) in [6.45, 7) is 4.80. The van der Waals surface area contributed by atoms with Crippen LogP contribution in [0.1, 0.15) is 11.7 Å². The topological polar surface area (TPSA) is 35.9 Å². The first-order chi connectivity index (χ1) is 9.20. The van der Waals surface area contributed by atoms with Gasteiger partial charge >= 0.3 is 0 Å². The molecule has 19 heavy (non-hydrogen) atoms. The van der Waals surface area contributed by atoms with Crippen molar-refractivity contribution in [3.8, 4) is 5.75 Å². The monoisotopic (exact) mass is 266 g/mol. The highest BCUT2D eigenvalue weighted by Gasteiger charge is 2.37. The van der Waals surface area contributed by atoms with Crippen molar-refractivity contribution in [1.82, 2.24) is 9.80 Å². The van der Waals surface area contributed by atoms with Crippen molar-refractivity contribution in [2.45, 2.75) is 12.1 Å². The van der Waals surface area contributed by atoms with Gasteiger partial charge in [-0.05, 0) is 6.07 Å². The van der Waals surface area contributed by atoms with Crippen LogP contribution in [0.3, 0.4) is 0 Å². The molecule has 2 bridgehead atoms. The summed E-state index contributed by atoms with van der Waals surface area (Å²) in [5, 5.41) is 10.5. The molecule has 1 aromatic carbocycles. The Labute approximate surface area is 112 Å². The van der Waals surface area contributed by atoms with E-state index in [2.05, 4.69) is 9.80 Å². The third-order valence-electron chi connectivity index (χ3n) is 4.22. The zero-order chi connectivity index (χ0) is 13.4. The van der Waals surface area contributed by atoms with Crippen molar-refractivity contribution < 1.29 is 14.2 Å². The Morgan fingerprint density at radius 2 is 2.05 bits per heavy atom. The number of hydrogen-bond donors (Lipinski definition) is 1. The number of ether oxygens (including phenoxy) is 1. The zero-order valence-electron chi connectivity index (χ0n) is 11.1. The predicted octanol–water partition coefficient (Wildman–Crippen LogP) is 0.867. The molecule has 0 saturated carbocycles. The first kappa shape index (κ1) is 12.8. The largest absolute Gasteiger partial charge is 0.494 e. The lowest BCUT2D eigenvalue weighted by Gasteiger charge is -2.49. The van der Waals surface area contributed by atoms with Crippen LogP contribution in [0.4, 0.5) is 4.39 Å². The Morgan fingerprint density at radius 1 is 1.32 bits per heavy atom. The number of piperazine rings is 3. The van der Waals surface area contributed by atoms with E-state index in [1.54, 1.807) is 18.2 Å². The third kappa shape index (κ3) is 2.22. The van der Waals surface area contributed by atoms with Crippen molar-refractivity contribution in [3.63, 3.8) is 0 Å². The van der Waals surface area contributed by atoms with Crippen LogP contribution in [0.15, 0.2) is 18.2 Å². The fourth-order valence-electron chi connectivity index (χ4n) is 3.08. The van der Waals surface area contributed by atoms with Crippen molar-refractivity contribution >= 4 is 0 Å². The molecule has 2 atom stereocenters. The van der Waals surface area contributed by atoms with Gasteiger partial charge < -0.3 is 9.84 Å². The molecule has 2 unspecified atom stereocenters. The second kappa shape index (κ2) is 5.07. The first-order valence-electron chi connectivity index (χ1n) is 6.67. The van der Waals surface area contributed by atoms with Crippen LogP contribution in [0, 0.1) is 5.82 Å². The van der Waals surface area contributed by atoms with Gasteiger partial charge in [-0.15, -0.1) is 0 Å². The maximum absolute atomic E-state index is 14.2. The van der Waals surface area contributed by atoms with Crippen LogP contribution in [-0.4, -0.2) is 60.8 Å². The van der Waals surface area contributed by atoms with Gasteiger partial charge in [-0.25, -0.2) is 4.39 Å². The molecule has 3 fully saturated rings. The molecule has 3 saturated heterocycles. The van der Waals surface area contributed by atoms with E-state index >= 15 is 0 Å². The van der Waals surface area contributed by atoms with E-state index in [9.17, 15) is 9.50 Å². The summed E-state index contributed by atoms with van der Waals surface area (Å²) < 4.78 is 19.2.